The van der Waals surface area contributed by atoms with E-state index in [9.17, 15) is 0 Å². The Labute approximate surface area is 89.0 Å². The SMILES string of the molecule is CC(C)(C)Cc1ccccc1.[H-].[Li+]. The van der Waals surface area contributed by atoms with Crippen molar-refractivity contribution < 1.29 is 20.3 Å². The molecule has 0 bridgehead atoms. The summed E-state index contributed by atoms with van der Waals surface area (Å²) in [6.45, 7) is 6.79. The van der Waals surface area contributed by atoms with E-state index in [1.165, 1.54) is 5.56 Å². The van der Waals surface area contributed by atoms with E-state index < -0.39 is 0 Å². The van der Waals surface area contributed by atoms with E-state index in [1.807, 2.05) is 0 Å². The molecule has 1 rings (SSSR count). The third-order valence-corrected chi connectivity index (χ3v) is 1.58. The van der Waals surface area contributed by atoms with Crippen LogP contribution in [-0.2, 0) is 6.42 Å². The molecule has 0 fully saturated rings. The maximum Gasteiger partial charge on any atom is 1.00 e. The number of hydrogen-bond acceptors (Lipinski definition) is 0. The van der Waals surface area contributed by atoms with Crippen LogP contribution in [0.5, 0.6) is 0 Å². The minimum absolute atomic E-state index is 0. The van der Waals surface area contributed by atoms with Crippen molar-refractivity contribution in [3.8, 4) is 0 Å². The van der Waals surface area contributed by atoms with Gasteiger partial charge in [0.2, 0.25) is 0 Å². The molecule has 62 valence electrons. The van der Waals surface area contributed by atoms with Gasteiger partial charge in [-0.1, -0.05) is 51.1 Å². The van der Waals surface area contributed by atoms with Crippen LogP contribution >= 0.6 is 0 Å². The molecule has 0 spiro atoms. The molecule has 1 aromatic carbocycles. The zero-order valence-electron chi connectivity index (χ0n) is 9.59. The quantitative estimate of drug-likeness (QED) is 0.516. The summed E-state index contributed by atoms with van der Waals surface area (Å²) in [6, 6.07) is 10.6. The summed E-state index contributed by atoms with van der Waals surface area (Å²) in [5, 5.41) is 0. The summed E-state index contributed by atoms with van der Waals surface area (Å²) in [4.78, 5) is 0. The fraction of sp³-hybridized carbons (Fsp3) is 0.455. The van der Waals surface area contributed by atoms with Crippen molar-refractivity contribution in [1.29, 1.82) is 0 Å². The fourth-order valence-electron chi connectivity index (χ4n) is 1.21. The van der Waals surface area contributed by atoms with E-state index in [2.05, 4.69) is 51.1 Å². The number of benzene rings is 1. The molecule has 0 N–H and O–H groups in total. The van der Waals surface area contributed by atoms with E-state index in [4.69, 9.17) is 0 Å². The van der Waals surface area contributed by atoms with Gasteiger partial charge >= 0.3 is 18.9 Å². The van der Waals surface area contributed by atoms with E-state index in [1.54, 1.807) is 0 Å². The van der Waals surface area contributed by atoms with Crippen LogP contribution in [0.2, 0.25) is 0 Å². The first-order valence-electron chi connectivity index (χ1n) is 4.12. The maximum absolute atomic E-state index is 2.26. The average molecular weight is 156 g/mol. The Morgan fingerprint density at radius 3 is 2.00 bits per heavy atom. The van der Waals surface area contributed by atoms with E-state index >= 15 is 0 Å². The van der Waals surface area contributed by atoms with Gasteiger partial charge in [0.1, 0.15) is 0 Å². The molecule has 0 amide bonds. The van der Waals surface area contributed by atoms with Crippen LogP contribution in [-0.4, -0.2) is 0 Å². The molecule has 0 aliphatic carbocycles. The van der Waals surface area contributed by atoms with Crippen LogP contribution in [0.15, 0.2) is 30.3 Å². The number of rotatable bonds is 1. The summed E-state index contributed by atoms with van der Waals surface area (Å²) in [7, 11) is 0. The van der Waals surface area contributed by atoms with Crippen molar-refractivity contribution in [3.05, 3.63) is 35.9 Å². The van der Waals surface area contributed by atoms with E-state index in [0.717, 1.165) is 6.42 Å². The van der Waals surface area contributed by atoms with Crippen LogP contribution in [0, 0.1) is 5.41 Å². The third kappa shape index (κ3) is 4.65. The smallest absolute Gasteiger partial charge is 1.00 e. The van der Waals surface area contributed by atoms with Crippen LogP contribution < -0.4 is 18.9 Å². The molecule has 0 saturated carbocycles. The molecule has 1 heteroatoms. The molecular formula is C11H17Li. The second-order valence-corrected chi connectivity index (χ2v) is 4.22. The minimum atomic E-state index is 0. The van der Waals surface area contributed by atoms with Gasteiger partial charge in [0.15, 0.2) is 0 Å². The Hall–Kier alpha value is -0.183. The Kier molecular flexibility index (Phi) is 4.68. The van der Waals surface area contributed by atoms with Crippen molar-refractivity contribution in [2.24, 2.45) is 5.41 Å². The third-order valence-electron chi connectivity index (χ3n) is 1.58. The molecule has 1 aromatic rings. The van der Waals surface area contributed by atoms with Crippen molar-refractivity contribution >= 4 is 0 Å². The van der Waals surface area contributed by atoms with Crippen LogP contribution in [0.3, 0.4) is 0 Å². The molecule has 0 aliphatic rings. The zero-order chi connectivity index (χ0) is 8.32. The fourth-order valence-corrected chi connectivity index (χ4v) is 1.21. The largest absolute Gasteiger partial charge is 1.00 e. The standard InChI is InChI=1S/C11H16.Li.H/c1-11(2,3)9-10-7-5-4-6-8-10;;/h4-8H,9H2,1-3H3;;/q;+1;-1. The predicted molar refractivity (Wildman–Crippen MR) is 50.7 cm³/mol. The molecule has 0 saturated heterocycles. The monoisotopic (exact) mass is 156 g/mol. The molecule has 12 heavy (non-hydrogen) atoms. The van der Waals surface area contributed by atoms with Crippen LogP contribution in [0.4, 0.5) is 0 Å². The van der Waals surface area contributed by atoms with Crippen LogP contribution in [0.1, 0.15) is 27.8 Å². The Morgan fingerprint density at radius 2 is 1.58 bits per heavy atom. The van der Waals surface area contributed by atoms with Gasteiger partial charge in [-0.25, -0.2) is 0 Å². The molecule has 0 atom stereocenters. The van der Waals surface area contributed by atoms with Gasteiger partial charge in [0.25, 0.3) is 0 Å². The summed E-state index contributed by atoms with van der Waals surface area (Å²) in [5.74, 6) is 0. The Bertz CT molecular complexity index is 213. The van der Waals surface area contributed by atoms with Gasteiger partial charge in [-0.15, -0.1) is 0 Å². The van der Waals surface area contributed by atoms with Crippen molar-refractivity contribution in [2.75, 3.05) is 0 Å². The van der Waals surface area contributed by atoms with Crippen molar-refractivity contribution in [3.63, 3.8) is 0 Å². The first-order chi connectivity index (χ1) is 5.08. The molecule has 0 unspecified atom stereocenters. The summed E-state index contributed by atoms with van der Waals surface area (Å²) < 4.78 is 0. The topological polar surface area (TPSA) is 0 Å². The van der Waals surface area contributed by atoms with E-state index in [0.29, 0.717) is 5.41 Å². The molecule has 0 aliphatic heterocycles. The van der Waals surface area contributed by atoms with Gasteiger partial charge in [-0.3, -0.25) is 0 Å². The van der Waals surface area contributed by atoms with Crippen molar-refractivity contribution in [2.45, 2.75) is 27.2 Å². The predicted octanol–water partition coefficient (Wildman–Crippen LogP) is 0.392. The van der Waals surface area contributed by atoms with Crippen molar-refractivity contribution in [1.82, 2.24) is 0 Å². The van der Waals surface area contributed by atoms with E-state index in [-0.39, 0.29) is 20.3 Å². The Morgan fingerprint density at radius 1 is 1.08 bits per heavy atom. The first kappa shape index (κ1) is 11.8. The van der Waals surface area contributed by atoms with Gasteiger partial charge in [0.05, 0.1) is 0 Å². The molecule has 0 radical (unpaired) electrons. The van der Waals surface area contributed by atoms with Gasteiger partial charge in [-0.2, -0.15) is 0 Å². The van der Waals surface area contributed by atoms with Gasteiger partial charge < -0.3 is 1.43 Å². The zero-order valence-corrected chi connectivity index (χ0v) is 8.59. The second kappa shape index (κ2) is 4.75. The number of hydrogen-bond donors (Lipinski definition) is 0. The maximum atomic E-state index is 2.26. The molecule has 0 nitrogen and oxygen atoms in total. The first-order valence-corrected chi connectivity index (χ1v) is 4.12. The molecule has 0 heterocycles. The minimum Gasteiger partial charge on any atom is -1.00 e. The summed E-state index contributed by atoms with van der Waals surface area (Å²) in [5.41, 5.74) is 1.83. The summed E-state index contributed by atoms with van der Waals surface area (Å²) in [6.07, 6.45) is 1.16. The van der Waals surface area contributed by atoms with Gasteiger partial charge in [-0.05, 0) is 17.4 Å². The second-order valence-electron chi connectivity index (χ2n) is 4.22. The Balaban J connectivity index is 0. The normalized spacial score (nSPS) is 10.6. The van der Waals surface area contributed by atoms with Gasteiger partial charge in [0, 0.05) is 0 Å². The average Bonchev–Trinajstić information content (AvgIpc) is 1.85. The summed E-state index contributed by atoms with van der Waals surface area (Å²) >= 11 is 0. The van der Waals surface area contributed by atoms with Crippen LogP contribution in [0.25, 0.3) is 0 Å². The molecular weight excluding hydrogens is 139 g/mol. The molecule has 0 aromatic heterocycles.